The fraction of sp³-hybridized carbons (Fsp3) is 0.458. The van der Waals surface area contributed by atoms with Crippen molar-refractivity contribution < 1.29 is 17.6 Å². The van der Waals surface area contributed by atoms with Crippen molar-refractivity contribution in [3.8, 4) is 5.69 Å². The van der Waals surface area contributed by atoms with E-state index in [4.69, 9.17) is 11.6 Å². The highest BCUT2D eigenvalue weighted by Crippen LogP contribution is 2.38. The first-order chi connectivity index (χ1) is 16.8. The molecular formula is C24H23ClF4N6. The molecule has 0 spiro atoms. The van der Waals surface area contributed by atoms with Crippen LogP contribution in [0.3, 0.4) is 0 Å². The molecule has 1 aliphatic carbocycles. The fourth-order valence-electron chi connectivity index (χ4n) is 5.17. The third-order valence-corrected chi connectivity index (χ3v) is 7.33. The Hall–Kier alpha value is -2.72. The molecule has 2 aliphatic heterocycles. The van der Waals surface area contributed by atoms with Crippen LogP contribution >= 0.6 is 11.6 Å². The van der Waals surface area contributed by atoms with Crippen LogP contribution < -0.4 is 4.90 Å². The average Bonchev–Trinajstić information content (AvgIpc) is 3.61. The molecule has 35 heavy (non-hydrogen) atoms. The molecule has 11 heteroatoms. The summed E-state index contributed by atoms with van der Waals surface area (Å²) in [4.78, 5) is 7.58. The summed E-state index contributed by atoms with van der Waals surface area (Å²) in [7, 11) is 0. The number of hydrogen-bond donors (Lipinski definition) is 0. The molecule has 6 nitrogen and oxygen atoms in total. The zero-order chi connectivity index (χ0) is 24.3. The van der Waals surface area contributed by atoms with E-state index in [0.29, 0.717) is 49.6 Å². The minimum atomic E-state index is -4.62. The molecule has 1 aromatic carbocycles. The summed E-state index contributed by atoms with van der Waals surface area (Å²) >= 11 is 6.32. The van der Waals surface area contributed by atoms with E-state index in [1.165, 1.54) is 12.8 Å². The summed E-state index contributed by atoms with van der Waals surface area (Å²) in [6.45, 7) is 2.24. The standard InChI is InChI=1S/C24H23ClF4N6/c25-16-1-5-19-15(11-16)12-34(17-2-3-17)13-21-31-32-22(35(19)21)14-7-9-33(10-8-14)23-18(26)4-6-20(30-23)24(27,28)29/h1,4-6,11,14,17H,2-3,7-10,12-13H2. The van der Waals surface area contributed by atoms with Crippen LogP contribution in [0, 0.1) is 5.82 Å². The second-order valence-corrected chi connectivity index (χ2v) is 9.92. The van der Waals surface area contributed by atoms with E-state index in [1.54, 1.807) is 4.90 Å². The highest BCUT2D eigenvalue weighted by atomic mass is 35.5. The van der Waals surface area contributed by atoms with E-state index in [2.05, 4.69) is 24.6 Å². The molecule has 0 atom stereocenters. The zero-order valence-electron chi connectivity index (χ0n) is 18.8. The molecular weight excluding hydrogens is 484 g/mol. The van der Waals surface area contributed by atoms with Crippen LogP contribution in [-0.2, 0) is 19.3 Å². The normalized spacial score (nSPS) is 19.4. The largest absolute Gasteiger partial charge is 0.433 e. The molecule has 6 rings (SSSR count). The second kappa shape index (κ2) is 8.44. The van der Waals surface area contributed by atoms with Crippen LogP contribution in [0.15, 0.2) is 30.3 Å². The van der Waals surface area contributed by atoms with E-state index in [-0.39, 0.29) is 11.7 Å². The minimum Gasteiger partial charge on any atom is -0.354 e. The van der Waals surface area contributed by atoms with E-state index in [9.17, 15) is 17.6 Å². The number of hydrogen-bond acceptors (Lipinski definition) is 5. The van der Waals surface area contributed by atoms with E-state index >= 15 is 0 Å². The Morgan fingerprint density at radius 3 is 2.43 bits per heavy atom. The molecule has 184 valence electrons. The smallest absolute Gasteiger partial charge is 0.354 e. The number of halogens is 5. The number of nitrogens with zero attached hydrogens (tertiary/aromatic N) is 6. The maximum atomic E-state index is 14.4. The van der Waals surface area contributed by atoms with Crippen molar-refractivity contribution >= 4 is 17.4 Å². The van der Waals surface area contributed by atoms with Gasteiger partial charge >= 0.3 is 6.18 Å². The number of anilines is 1. The summed E-state index contributed by atoms with van der Waals surface area (Å²) in [5, 5.41) is 9.77. The molecule has 0 unspecified atom stereocenters. The van der Waals surface area contributed by atoms with Gasteiger partial charge in [0.1, 0.15) is 11.5 Å². The van der Waals surface area contributed by atoms with Gasteiger partial charge in [0.25, 0.3) is 0 Å². The van der Waals surface area contributed by atoms with Gasteiger partial charge < -0.3 is 4.90 Å². The molecule has 0 bridgehead atoms. The van der Waals surface area contributed by atoms with Crippen molar-refractivity contribution in [1.82, 2.24) is 24.6 Å². The summed E-state index contributed by atoms with van der Waals surface area (Å²) in [5.74, 6) is 0.744. The first kappa shape index (κ1) is 22.7. The lowest BCUT2D eigenvalue weighted by Gasteiger charge is -2.33. The number of piperidine rings is 1. The number of aromatic nitrogens is 4. The zero-order valence-corrected chi connectivity index (χ0v) is 19.5. The highest BCUT2D eigenvalue weighted by Gasteiger charge is 2.37. The quantitative estimate of drug-likeness (QED) is 0.449. The lowest BCUT2D eigenvalue weighted by molar-refractivity contribution is -0.141. The minimum absolute atomic E-state index is 0.0392. The Balaban J connectivity index is 1.28. The first-order valence-corrected chi connectivity index (χ1v) is 12.1. The van der Waals surface area contributed by atoms with Gasteiger partial charge in [-0.25, -0.2) is 9.37 Å². The van der Waals surface area contributed by atoms with Crippen LogP contribution in [-0.4, -0.2) is 43.8 Å². The maximum Gasteiger partial charge on any atom is 0.433 e. The summed E-state index contributed by atoms with van der Waals surface area (Å²) in [5.41, 5.74) is 1.05. The predicted molar refractivity (Wildman–Crippen MR) is 122 cm³/mol. The molecule has 0 radical (unpaired) electrons. The Morgan fingerprint density at radius 2 is 1.71 bits per heavy atom. The molecule has 4 heterocycles. The molecule has 0 N–H and O–H groups in total. The number of pyridine rings is 1. The van der Waals surface area contributed by atoms with Gasteiger partial charge in [-0.2, -0.15) is 13.2 Å². The first-order valence-electron chi connectivity index (χ1n) is 11.7. The molecule has 1 saturated carbocycles. The number of rotatable bonds is 3. The number of fused-ring (bicyclic) bond motifs is 3. The van der Waals surface area contributed by atoms with Gasteiger partial charge in [0.2, 0.25) is 0 Å². The Labute approximate surface area is 204 Å². The second-order valence-electron chi connectivity index (χ2n) is 9.48. The summed E-state index contributed by atoms with van der Waals surface area (Å²) in [6, 6.07) is 7.92. The third kappa shape index (κ3) is 4.27. The predicted octanol–water partition coefficient (Wildman–Crippen LogP) is 5.34. The van der Waals surface area contributed by atoms with Crippen LogP contribution in [0.2, 0.25) is 5.02 Å². The topological polar surface area (TPSA) is 50.1 Å². The number of alkyl halides is 3. The summed E-state index contributed by atoms with van der Waals surface area (Å²) in [6.07, 6.45) is -1.06. The van der Waals surface area contributed by atoms with Crippen molar-refractivity contribution in [3.63, 3.8) is 0 Å². The Kier molecular flexibility index (Phi) is 5.48. The maximum absolute atomic E-state index is 14.4. The van der Waals surface area contributed by atoms with E-state index in [0.717, 1.165) is 35.5 Å². The van der Waals surface area contributed by atoms with Gasteiger partial charge in [-0.05, 0) is 61.6 Å². The summed E-state index contributed by atoms with van der Waals surface area (Å²) < 4.78 is 55.8. The van der Waals surface area contributed by atoms with Gasteiger partial charge in [-0.15, -0.1) is 10.2 Å². The van der Waals surface area contributed by atoms with Crippen molar-refractivity contribution in [2.75, 3.05) is 18.0 Å². The van der Waals surface area contributed by atoms with E-state index in [1.807, 2.05) is 18.2 Å². The van der Waals surface area contributed by atoms with Crippen molar-refractivity contribution in [2.24, 2.45) is 0 Å². The molecule has 1 saturated heterocycles. The number of benzene rings is 1. The van der Waals surface area contributed by atoms with Crippen LogP contribution in [0.1, 0.15) is 54.5 Å². The van der Waals surface area contributed by atoms with Crippen molar-refractivity contribution in [1.29, 1.82) is 0 Å². The molecule has 2 fully saturated rings. The van der Waals surface area contributed by atoms with Gasteiger partial charge in [0.05, 0.1) is 12.2 Å². The van der Waals surface area contributed by atoms with Gasteiger partial charge in [0.15, 0.2) is 17.5 Å². The lowest BCUT2D eigenvalue weighted by Crippen LogP contribution is -2.35. The van der Waals surface area contributed by atoms with Gasteiger partial charge in [0, 0.05) is 36.6 Å². The fourth-order valence-corrected chi connectivity index (χ4v) is 5.37. The molecule has 3 aliphatic rings. The molecule has 2 aromatic heterocycles. The SMILES string of the molecule is Fc1ccc(C(F)(F)F)nc1N1CCC(c2nnc3n2-c2ccc(Cl)cc2CN(C2CC2)C3)CC1. The molecule has 3 aromatic rings. The van der Waals surface area contributed by atoms with Crippen LogP contribution in [0.5, 0.6) is 0 Å². The highest BCUT2D eigenvalue weighted by molar-refractivity contribution is 6.30. The lowest BCUT2D eigenvalue weighted by atomic mass is 9.95. The molecule has 0 amide bonds. The monoisotopic (exact) mass is 506 g/mol. The van der Waals surface area contributed by atoms with Gasteiger partial charge in [-0.1, -0.05) is 11.6 Å². The van der Waals surface area contributed by atoms with Crippen LogP contribution in [0.4, 0.5) is 23.4 Å². The average molecular weight is 507 g/mol. The third-order valence-electron chi connectivity index (χ3n) is 7.10. The Bertz CT molecular complexity index is 1260. The van der Waals surface area contributed by atoms with Crippen molar-refractivity contribution in [3.05, 3.63) is 64.1 Å². The Morgan fingerprint density at radius 1 is 0.943 bits per heavy atom. The van der Waals surface area contributed by atoms with Crippen LogP contribution in [0.25, 0.3) is 5.69 Å². The van der Waals surface area contributed by atoms with Crippen molar-refractivity contribution in [2.45, 2.75) is 56.9 Å². The van der Waals surface area contributed by atoms with E-state index < -0.39 is 17.7 Å². The van der Waals surface area contributed by atoms with Gasteiger partial charge in [-0.3, -0.25) is 9.47 Å².